The van der Waals surface area contributed by atoms with Crippen molar-refractivity contribution >= 4 is 18.7 Å². The molecule has 2 nitrogen and oxygen atoms in total. The number of rotatable bonds is 4. The summed E-state index contributed by atoms with van der Waals surface area (Å²) < 4.78 is 0. The van der Waals surface area contributed by atoms with Crippen molar-refractivity contribution in [2.24, 2.45) is 0 Å². The van der Waals surface area contributed by atoms with Gasteiger partial charge in [-0.15, -0.1) is 12.4 Å². The molecule has 50 valence electrons. The van der Waals surface area contributed by atoms with Gasteiger partial charge in [-0.1, -0.05) is 0 Å². The lowest BCUT2D eigenvalue weighted by Gasteiger charge is -1.89. The van der Waals surface area contributed by atoms with Crippen molar-refractivity contribution in [3.63, 3.8) is 0 Å². The van der Waals surface area contributed by atoms with E-state index in [1.54, 1.807) is 0 Å². The third-order valence-electron chi connectivity index (χ3n) is 0.749. The molecule has 0 saturated carbocycles. The van der Waals surface area contributed by atoms with Crippen LogP contribution in [-0.2, 0) is 4.79 Å². The summed E-state index contributed by atoms with van der Waals surface area (Å²) in [5.41, 5.74) is 0. The Kier molecular flexibility index (Phi) is 13.6. The second-order valence-corrected chi connectivity index (χ2v) is 1.41. The van der Waals surface area contributed by atoms with Crippen LogP contribution in [0.4, 0.5) is 0 Å². The number of nitrogens with one attached hydrogen (secondary N) is 1. The predicted octanol–water partition coefficient (Wildman–Crippen LogP) is 0.607. The van der Waals surface area contributed by atoms with Gasteiger partial charge in [-0.05, 0) is 20.0 Å². The van der Waals surface area contributed by atoms with E-state index in [0.717, 1.165) is 19.3 Å². The van der Waals surface area contributed by atoms with Crippen LogP contribution in [0.3, 0.4) is 0 Å². The van der Waals surface area contributed by atoms with E-state index in [2.05, 4.69) is 5.32 Å². The summed E-state index contributed by atoms with van der Waals surface area (Å²) in [5.74, 6) is 0. The molecule has 0 atom stereocenters. The maximum absolute atomic E-state index is 9.65. The third-order valence-corrected chi connectivity index (χ3v) is 0.749. The summed E-state index contributed by atoms with van der Waals surface area (Å²) in [6.45, 7) is 0.943. The smallest absolute Gasteiger partial charge is 0.120 e. The van der Waals surface area contributed by atoms with Crippen LogP contribution in [0.2, 0.25) is 0 Å². The van der Waals surface area contributed by atoms with Gasteiger partial charge in [-0.2, -0.15) is 0 Å². The second-order valence-electron chi connectivity index (χ2n) is 1.41. The van der Waals surface area contributed by atoms with E-state index in [9.17, 15) is 4.79 Å². The van der Waals surface area contributed by atoms with Crippen molar-refractivity contribution in [3.05, 3.63) is 0 Å². The number of unbranched alkanes of at least 4 members (excludes halogenated alkanes) is 1. The average molecular weight is 138 g/mol. The van der Waals surface area contributed by atoms with Crippen LogP contribution < -0.4 is 5.32 Å². The van der Waals surface area contributed by atoms with Gasteiger partial charge in [-0.25, -0.2) is 0 Å². The molecule has 0 unspecified atom stereocenters. The summed E-state index contributed by atoms with van der Waals surface area (Å²) >= 11 is 0. The summed E-state index contributed by atoms with van der Waals surface area (Å²) in [7, 11) is 1.88. The molecule has 0 aromatic heterocycles. The normalized spacial score (nSPS) is 7.62. The van der Waals surface area contributed by atoms with Crippen LogP contribution in [0.5, 0.6) is 0 Å². The molecule has 8 heavy (non-hydrogen) atoms. The van der Waals surface area contributed by atoms with Crippen molar-refractivity contribution in [1.82, 2.24) is 5.32 Å². The van der Waals surface area contributed by atoms with E-state index >= 15 is 0 Å². The minimum absolute atomic E-state index is 0. The number of carbonyl (C=O) groups is 1. The Morgan fingerprint density at radius 1 is 1.62 bits per heavy atom. The second kappa shape index (κ2) is 10.0. The van der Waals surface area contributed by atoms with Crippen LogP contribution in [0, 0.1) is 0 Å². The van der Waals surface area contributed by atoms with Crippen LogP contribution in [0.15, 0.2) is 0 Å². The van der Waals surface area contributed by atoms with Gasteiger partial charge >= 0.3 is 0 Å². The molecule has 0 heterocycles. The van der Waals surface area contributed by atoms with E-state index in [1.165, 1.54) is 0 Å². The first-order valence-electron chi connectivity index (χ1n) is 2.50. The highest BCUT2D eigenvalue weighted by atomic mass is 35.5. The van der Waals surface area contributed by atoms with Crippen molar-refractivity contribution in [2.45, 2.75) is 12.8 Å². The molecule has 0 aromatic carbocycles. The quantitative estimate of drug-likeness (QED) is 0.455. The highest BCUT2D eigenvalue weighted by molar-refractivity contribution is 5.85. The van der Waals surface area contributed by atoms with Gasteiger partial charge in [0, 0.05) is 6.42 Å². The van der Waals surface area contributed by atoms with Crippen LogP contribution in [-0.4, -0.2) is 19.9 Å². The van der Waals surface area contributed by atoms with E-state index in [0.29, 0.717) is 6.42 Å². The summed E-state index contributed by atoms with van der Waals surface area (Å²) in [4.78, 5) is 9.65. The van der Waals surface area contributed by atoms with E-state index < -0.39 is 0 Å². The number of halogens is 1. The first kappa shape index (κ1) is 10.8. The maximum Gasteiger partial charge on any atom is 0.120 e. The first-order chi connectivity index (χ1) is 3.41. The van der Waals surface area contributed by atoms with Crippen LogP contribution >= 0.6 is 12.4 Å². The van der Waals surface area contributed by atoms with Gasteiger partial charge in [0.25, 0.3) is 0 Å². The third kappa shape index (κ3) is 9.33. The molecule has 0 aliphatic rings. The van der Waals surface area contributed by atoms with Gasteiger partial charge in [0.05, 0.1) is 0 Å². The predicted molar refractivity (Wildman–Crippen MR) is 36.5 cm³/mol. The zero-order chi connectivity index (χ0) is 5.54. The fraction of sp³-hybridized carbons (Fsp3) is 0.800. The van der Waals surface area contributed by atoms with Crippen LogP contribution in [0.25, 0.3) is 0 Å². The minimum Gasteiger partial charge on any atom is -0.320 e. The van der Waals surface area contributed by atoms with E-state index in [4.69, 9.17) is 0 Å². The molecular formula is C5H12ClNO. The molecule has 3 heteroatoms. The lowest BCUT2D eigenvalue weighted by Crippen LogP contribution is -2.06. The van der Waals surface area contributed by atoms with Gasteiger partial charge < -0.3 is 10.1 Å². The highest BCUT2D eigenvalue weighted by Crippen LogP contribution is 1.77. The molecule has 0 rings (SSSR count). The zero-order valence-electron chi connectivity index (χ0n) is 5.02. The monoisotopic (exact) mass is 137 g/mol. The van der Waals surface area contributed by atoms with E-state index in [-0.39, 0.29) is 12.4 Å². The zero-order valence-corrected chi connectivity index (χ0v) is 5.83. The number of carbonyl (C=O) groups excluding carboxylic acids is 1. The summed E-state index contributed by atoms with van der Waals surface area (Å²) in [6, 6.07) is 0. The molecule has 0 spiro atoms. The molecule has 0 fully saturated rings. The molecule has 0 saturated heterocycles. The SMILES string of the molecule is CNCCCC=O.Cl. The standard InChI is InChI=1S/C5H11NO.ClH/c1-6-4-2-3-5-7;/h5-6H,2-4H2,1H3;1H. The largest absolute Gasteiger partial charge is 0.320 e. The Morgan fingerprint density at radius 3 is 2.62 bits per heavy atom. The van der Waals surface area contributed by atoms with Gasteiger partial charge in [0.1, 0.15) is 6.29 Å². The number of aldehydes is 1. The maximum atomic E-state index is 9.65. The van der Waals surface area contributed by atoms with Crippen LogP contribution in [0.1, 0.15) is 12.8 Å². The highest BCUT2D eigenvalue weighted by Gasteiger charge is 1.78. The average Bonchev–Trinajstić information content (AvgIpc) is 1.69. The minimum atomic E-state index is 0. The Labute approximate surface area is 56.1 Å². The summed E-state index contributed by atoms with van der Waals surface area (Å²) in [6.07, 6.45) is 2.58. The number of hydrogen-bond donors (Lipinski definition) is 1. The topological polar surface area (TPSA) is 29.1 Å². The molecule has 0 bridgehead atoms. The Bertz CT molecular complexity index is 49.7. The molecule has 0 amide bonds. The van der Waals surface area contributed by atoms with Gasteiger partial charge in [0.15, 0.2) is 0 Å². The number of hydrogen-bond acceptors (Lipinski definition) is 2. The van der Waals surface area contributed by atoms with E-state index in [1.807, 2.05) is 7.05 Å². The van der Waals surface area contributed by atoms with Gasteiger partial charge in [-0.3, -0.25) is 0 Å². The van der Waals surface area contributed by atoms with Crippen molar-refractivity contribution in [3.8, 4) is 0 Å². The van der Waals surface area contributed by atoms with Gasteiger partial charge in [0.2, 0.25) is 0 Å². The lowest BCUT2D eigenvalue weighted by atomic mass is 10.3. The fourth-order valence-corrected chi connectivity index (χ4v) is 0.362. The Balaban J connectivity index is 0. The lowest BCUT2D eigenvalue weighted by molar-refractivity contribution is -0.107. The Hall–Kier alpha value is -0.0800. The molecule has 0 aliphatic heterocycles. The van der Waals surface area contributed by atoms with Crippen molar-refractivity contribution < 1.29 is 4.79 Å². The molecule has 0 radical (unpaired) electrons. The fourth-order valence-electron chi connectivity index (χ4n) is 0.362. The first-order valence-corrected chi connectivity index (χ1v) is 2.50. The van der Waals surface area contributed by atoms with Crippen molar-refractivity contribution in [1.29, 1.82) is 0 Å². The molecule has 0 aliphatic carbocycles. The van der Waals surface area contributed by atoms with Crippen molar-refractivity contribution in [2.75, 3.05) is 13.6 Å². The molecule has 1 N–H and O–H groups in total. The molecular weight excluding hydrogens is 126 g/mol. The summed E-state index contributed by atoms with van der Waals surface area (Å²) in [5, 5.41) is 2.94. The molecule has 0 aromatic rings. The Morgan fingerprint density at radius 2 is 2.25 bits per heavy atom.